The lowest BCUT2D eigenvalue weighted by atomic mass is 10.2. The van der Waals surface area contributed by atoms with Gasteiger partial charge in [0, 0.05) is 18.7 Å². The Kier molecular flexibility index (Phi) is 6.63. The Balaban J connectivity index is 0.00000243. The topological polar surface area (TPSA) is 81.7 Å². The minimum absolute atomic E-state index is 0. The zero-order valence-corrected chi connectivity index (χ0v) is 15.4. The normalized spacial score (nSPS) is 12.2. The van der Waals surface area contributed by atoms with Crippen molar-refractivity contribution < 1.29 is 13.3 Å². The standard InChI is InChI=1S/C15H15ClF2N6O.ClH/c1-8(19-2)6-11-22-15(25-23-11)9-7-21-24(12(9)13(17)18)14-10(16)4-3-5-20-14;/h3-5,7-8,13,19H,6H2,1-2H3;1H. The molecule has 7 nitrogen and oxygen atoms in total. The minimum atomic E-state index is -2.83. The molecule has 0 amide bonds. The van der Waals surface area contributed by atoms with Crippen molar-refractivity contribution in [3.05, 3.63) is 41.1 Å². The number of nitrogens with one attached hydrogen (secondary N) is 1. The van der Waals surface area contributed by atoms with E-state index in [-0.39, 0.29) is 40.7 Å². The summed E-state index contributed by atoms with van der Waals surface area (Å²) in [5, 5.41) is 11.1. The first-order valence-corrected chi connectivity index (χ1v) is 7.86. The van der Waals surface area contributed by atoms with Gasteiger partial charge in [-0.15, -0.1) is 12.4 Å². The Labute approximate surface area is 159 Å². The summed E-state index contributed by atoms with van der Waals surface area (Å²) >= 11 is 6.04. The van der Waals surface area contributed by atoms with Crippen LogP contribution >= 0.6 is 24.0 Å². The Morgan fingerprint density at radius 1 is 1.38 bits per heavy atom. The maximum absolute atomic E-state index is 13.7. The van der Waals surface area contributed by atoms with Crippen molar-refractivity contribution in [1.82, 2.24) is 30.2 Å². The van der Waals surface area contributed by atoms with Crippen LogP contribution in [0.1, 0.15) is 24.9 Å². The van der Waals surface area contributed by atoms with E-state index < -0.39 is 12.1 Å². The molecule has 1 atom stereocenters. The molecule has 0 aliphatic heterocycles. The van der Waals surface area contributed by atoms with Gasteiger partial charge in [0.1, 0.15) is 5.69 Å². The van der Waals surface area contributed by atoms with Gasteiger partial charge in [-0.1, -0.05) is 16.8 Å². The van der Waals surface area contributed by atoms with Crippen LogP contribution in [0, 0.1) is 0 Å². The molecule has 0 aliphatic carbocycles. The molecule has 0 bridgehead atoms. The fourth-order valence-corrected chi connectivity index (χ4v) is 2.46. The van der Waals surface area contributed by atoms with E-state index in [4.69, 9.17) is 16.1 Å². The Morgan fingerprint density at radius 3 is 2.81 bits per heavy atom. The number of rotatable bonds is 6. The number of nitrogens with zero attached hydrogens (tertiary/aromatic N) is 5. The molecule has 3 aromatic rings. The lowest BCUT2D eigenvalue weighted by molar-refractivity contribution is 0.143. The first-order chi connectivity index (χ1) is 12.0. The molecular formula is C15H16Cl2F2N6O. The van der Waals surface area contributed by atoms with Gasteiger partial charge in [-0.25, -0.2) is 18.4 Å². The first-order valence-electron chi connectivity index (χ1n) is 7.48. The van der Waals surface area contributed by atoms with E-state index in [1.807, 2.05) is 6.92 Å². The molecule has 26 heavy (non-hydrogen) atoms. The fourth-order valence-electron chi connectivity index (χ4n) is 2.26. The number of aromatic nitrogens is 5. The quantitative estimate of drug-likeness (QED) is 0.676. The summed E-state index contributed by atoms with van der Waals surface area (Å²) in [6, 6.07) is 3.27. The monoisotopic (exact) mass is 404 g/mol. The maximum Gasteiger partial charge on any atom is 0.281 e. The molecule has 1 unspecified atom stereocenters. The predicted molar refractivity (Wildman–Crippen MR) is 94.1 cm³/mol. The third kappa shape index (κ3) is 4.00. The van der Waals surface area contributed by atoms with Crippen molar-refractivity contribution in [2.24, 2.45) is 0 Å². The average molecular weight is 405 g/mol. The molecule has 11 heteroatoms. The number of hydrogen-bond donors (Lipinski definition) is 1. The molecule has 0 radical (unpaired) electrons. The van der Waals surface area contributed by atoms with Crippen LogP contribution in [0.5, 0.6) is 0 Å². The minimum Gasteiger partial charge on any atom is -0.334 e. The third-order valence-corrected chi connectivity index (χ3v) is 3.93. The van der Waals surface area contributed by atoms with Crippen LogP contribution in [0.3, 0.4) is 0 Å². The van der Waals surface area contributed by atoms with Crippen molar-refractivity contribution in [2.75, 3.05) is 7.05 Å². The summed E-state index contributed by atoms with van der Waals surface area (Å²) < 4.78 is 33.5. The number of pyridine rings is 1. The molecular weight excluding hydrogens is 389 g/mol. The van der Waals surface area contributed by atoms with Crippen molar-refractivity contribution in [3.8, 4) is 17.3 Å². The van der Waals surface area contributed by atoms with Gasteiger partial charge in [0.2, 0.25) is 0 Å². The predicted octanol–water partition coefficient (Wildman–Crippen LogP) is 3.48. The fraction of sp³-hybridized carbons (Fsp3) is 0.333. The summed E-state index contributed by atoms with van der Waals surface area (Å²) in [5.41, 5.74) is -0.356. The molecule has 0 saturated heterocycles. The van der Waals surface area contributed by atoms with Gasteiger partial charge in [-0.3, -0.25) is 0 Å². The summed E-state index contributed by atoms with van der Waals surface area (Å²) in [7, 11) is 1.81. The average Bonchev–Trinajstić information content (AvgIpc) is 3.21. The summed E-state index contributed by atoms with van der Waals surface area (Å²) in [4.78, 5) is 8.20. The maximum atomic E-state index is 13.7. The highest BCUT2D eigenvalue weighted by molar-refractivity contribution is 6.32. The molecule has 3 rings (SSSR count). The lowest BCUT2D eigenvalue weighted by Gasteiger charge is -2.08. The van der Waals surface area contributed by atoms with Gasteiger partial charge in [0.05, 0.1) is 16.8 Å². The van der Waals surface area contributed by atoms with Crippen LogP contribution < -0.4 is 5.32 Å². The molecule has 0 saturated carbocycles. The SMILES string of the molecule is CNC(C)Cc1noc(-c2cnn(-c3ncccc3Cl)c2C(F)F)n1.Cl. The second-order valence-electron chi connectivity index (χ2n) is 5.37. The second-order valence-corrected chi connectivity index (χ2v) is 5.78. The van der Waals surface area contributed by atoms with E-state index in [0.717, 1.165) is 4.68 Å². The van der Waals surface area contributed by atoms with Crippen LogP contribution in [0.15, 0.2) is 29.0 Å². The molecule has 3 aromatic heterocycles. The number of hydrogen-bond acceptors (Lipinski definition) is 6. The van der Waals surface area contributed by atoms with Crippen LogP contribution in [0.25, 0.3) is 17.3 Å². The Bertz CT molecular complexity index is 869. The smallest absolute Gasteiger partial charge is 0.281 e. The summed E-state index contributed by atoms with van der Waals surface area (Å²) in [6.45, 7) is 1.95. The van der Waals surface area contributed by atoms with E-state index in [2.05, 4.69) is 25.5 Å². The second kappa shape index (κ2) is 8.52. The first kappa shape index (κ1) is 20.2. The van der Waals surface area contributed by atoms with Crippen LogP contribution in [0.2, 0.25) is 5.02 Å². The van der Waals surface area contributed by atoms with Crippen molar-refractivity contribution in [3.63, 3.8) is 0 Å². The van der Waals surface area contributed by atoms with Gasteiger partial charge in [0.25, 0.3) is 12.3 Å². The zero-order chi connectivity index (χ0) is 18.0. The van der Waals surface area contributed by atoms with E-state index in [1.165, 1.54) is 12.4 Å². The molecule has 0 fully saturated rings. The van der Waals surface area contributed by atoms with Gasteiger partial charge in [-0.05, 0) is 26.1 Å². The molecule has 0 spiro atoms. The summed E-state index contributed by atoms with van der Waals surface area (Å²) in [6.07, 6.45) is 0.360. The molecule has 0 aliphatic rings. The number of alkyl halides is 2. The van der Waals surface area contributed by atoms with E-state index in [1.54, 1.807) is 19.2 Å². The van der Waals surface area contributed by atoms with Crippen LogP contribution in [0.4, 0.5) is 8.78 Å². The molecule has 1 N–H and O–H groups in total. The van der Waals surface area contributed by atoms with Crippen LogP contribution in [-0.2, 0) is 6.42 Å². The largest absolute Gasteiger partial charge is 0.334 e. The van der Waals surface area contributed by atoms with Gasteiger partial charge in [0.15, 0.2) is 11.6 Å². The number of likely N-dealkylation sites (N-methyl/N-ethyl adjacent to an activating group) is 1. The number of halogens is 4. The highest BCUT2D eigenvalue weighted by Crippen LogP contribution is 2.33. The zero-order valence-electron chi connectivity index (χ0n) is 13.9. The van der Waals surface area contributed by atoms with E-state index >= 15 is 0 Å². The van der Waals surface area contributed by atoms with E-state index in [0.29, 0.717) is 12.2 Å². The van der Waals surface area contributed by atoms with Gasteiger partial charge in [-0.2, -0.15) is 10.1 Å². The summed E-state index contributed by atoms with van der Waals surface area (Å²) in [5.74, 6) is 0.502. The lowest BCUT2D eigenvalue weighted by Crippen LogP contribution is -2.24. The molecule has 140 valence electrons. The molecule has 0 aromatic carbocycles. The third-order valence-electron chi connectivity index (χ3n) is 3.63. The van der Waals surface area contributed by atoms with Gasteiger partial charge < -0.3 is 9.84 Å². The highest BCUT2D eigenvalue weighted by Gasteiger charge is 2.27. The van der Waals surface area contributed by atoms with E-state index in [9.17, 15) is 8.78 Å². The van der Waals surface area contributed by atoms with Crippen molar-refractivity contribution in [1.29, 1.82) is 0 Å². The Hall–Kier alpha value is -2.10. The highest BCUT2D eigenvalue weighted by atomic mass is 35.5. The Morgan fingerprint density at radius 2 is 2.15 bits per heavy atom. The van der Waals surface area contributed by atoms with Crippen molar-refractivity contribution in [2.45, 2.75) is 25.8 Å². The van der Waals surface area contributed by atoms with Crippen LogP contribution in [-0.4, -0.2) is 38.0 Å². The van der Waals surface area contributed by atoms with Gasteiger partial charge >= 0.3 is 0 Å². The van der Waals surface area contributed by atoms with Crippen molar-refractivity contribution >= 4 is 24.0 Å². The molecule has 3 heterocycles.